The van der Waals surface area contributed by atoms with Gasteiger partial charge in [0, 0.05) is 15.5 Å². The van der Waals surface area contributed by atoms with Crippen molar-refractivity contribution in [2.75, 3.05) is 5.75 Å². The van der Waals surface area contributed by atoms with Gasteiger partial charge >= 0.3 is 0 Å². The Morgan fingerprint density at radius 2 is 1.78 bits per heavy atom. The highest BCUT2D eigenvalue weighted by atomic mass is 35.5. The van der Waals surface area contributed by atoms with Gasteiger partial charge in [0.25, 0.3) is 11.5 Å². The SMILES string of the molecule is O=C(CSc1nc2sc3c(c2c(=O)n1-c1ccc(Cl)cc1)CCCC3)NNC(=O)c1ccc(F)cc1. The summed E-state index contributed by atoms with van der Waals surface area (Å²) >= 11 is 8.68. The molecule has 0 saturated heterocycles. The largest absolute Gasteiger partial charge is 0.272 e. The number of rotatable bonds is 5. The number of hydrazine groups is 1. The molecular weight excluding hydrogens is 523 g/mol. The minimum Gasteiger partial charge on any atom is -0.272 e. The van der Waals surface area contributed by atoms with E-state index in [-0.39, 0.29) is 16.9 Å². The van der Waals surface area contributed by atoms with Gasteiger partial charge in [0.05, 0.1) is 16.8 Å². The van der Waals surface area contributed by atoms with Gasteiger partial charge in [0.1, 0.15) is 10.6 Å². The van der Waals surface area contributed by atoms with E-state index in [0.717, 1.165) is 55.1 Å². The summed E-state index contributed by atoms with van der Waals surface area (Å²) in [7, 11) is 0. The third-order valence-electron chi connectivity index (χ3n) is 5.80. The third-order valence-corrected chi connectivity index (χ3v) is 8.17. The topological polar surface area (TPSA) is 93.1 Å². The van der Waals surface area contributed by atoms with E-state index in [1.807, 2.05) is 0 Å². The van der Waals surface area contributed by atoms with Crippen molar-refractivity contribution in [2.24, 2.45) is 0 Å². The summed E-state index contributed by atoms with van der Waals surface area (Å²) in [6.07, 6.45) is 3.93. The van der Waals surface area contributed by atoms with Crippen LogP contribution in [0.15, 0.2) is 58.5 Å². The Balaban J connectivity index is 1.40. The van der Waals surface area contributed by atoms with Crippen molar-refractivity contribution in [2.45, 2.75) is 30.8 Å². The number of aryl methyl sites for hydroxylation is 2. The Hall–Kier alpha value is -3.21. The van der Waals surface area contributed by atoms with Crippen LogP contribution in [0.3, 0.4) is 0 Å². The van der Waals surface area contributed by atoms with Crippen LogP contribution in [0.5, 0.6) is 0 Å². The number of benzene rings is 2. The Bertz CT molecular complexity index is 1520. The summed E-state index contributed by atoms with van der Waals surface area (Å²) in [6.45, 7) is 0. The number of thiophene rings is 1. The number of fused-ring (bicyclic) bond motifs is 3. The van der Waals surface area contributed by atoms with E-state index < -0.39 is 17.6 Å². The molecule has 2 N–H and O–H groups in total. The molecule has 7 nitrogen and oxygen atoms in total. The number of hydrogen-bond acceptors (Lipinski definition) is 6. The summed E-state index contributed by atoms with van der Waals surface area (Å²) in [5, 5.41) is 1.55. The second-order valence-corrected chi connectivity index (χ2v) is 10.7. The highest BCUT2D eigenvalue weighted by Gasteiger charge is 2.23. The average Bonchev–Trinajstić information content (AvgIpc) is 3.26. The van der Waals surface area contributed by atoms with Crippen molar-refractivity contribution < 1.29 is 14.0 Å². The normalized spacial score (nSPS) is 12.8. The van der Waals surface area contributed by atoms with Crippen LogP contribution in [0.4, 0.5) is 4.39 Å². The second-order valence-electron chi connectivity index (χ2n) is 8.20. The number of nitrogens with one attached hydrogen (secondary N) is 2. The maximum atomic E-state index is 13.7. The van der Waals surface area contributed by atoms with E-state index in [4.69, 9.17) is 16.6 Å². The summed E-state index contributed by atoms with van der Waals surface area (Å²) in [5.41, 5.74) is 6.36. The lowest BCUT2D eigenvalue weighted by Crippen LogP contribution is -2.42. The zero-order chi connectivity index (χ0) is 25.2. The van der Waals surface area contributed by atoms with Gasteiger partial charge in [-0.2, -0.15) is 0 Å². The third kappa shape index (κ3) is 5.02. The molecule has 2 heterocycles. The van der Waals surface area contributed by atoms with Gasteiger partial charge in [0.15, 0.2) is 5.16 Å². The molecule has 184 valence electrons. The lowest BCUT2D eigenvalue weighted by molar-refractivity contribution is -0.119. The number of carbonyl (C=O) groups excluding carboxylic acids is 2. The van der Waals surface area contributed by atoms with Crippen LogP contribution in [0.25, 0.3) is 15.9 Å². The van der Waals surface area contributed by atoms with Crippen molar-refractivity contribution in [3.8, 4) is 5.69 Å². The molecule has 36 heavy (non-hydrogen) atoms. The van der Waals surface area contributed by atoms with Crippen LogP contribution < -0.4 is 16.4 Å². The van der Waals surface area contributed by atoms with Crippen molar-refractivity contribution in [3.05, 3.63) is 85.7 Å². The van der Waals surface area contributed by atoms with Gasteiger partial charge in [-0.05, 0) is 79.8 Å². The number of thioether (sulfide) groups is 1. The molecule has 2 aromatic carbocycles. The molecular formula is C25H20ClFN4O3S2. The van der Waals surface area contributed by atoms with Crippen LogP contribution in [0.1, 0.15) is 33.6 Å². The highest BCUT2D eigenvalue weighted by molar-refractivity contribution is 7.99. The number of aromatic nitrogens is 2. The zero-order valence-electron chi connectivity index (χ0n) is 18.8. The van der Waals surface area contributed by atoms with Crippen LogP contribution in [-0.2, 0) is 17.6 Å². The van der Waals surface area contributed by atoms with Crippen molar-refractivity contribution >= 4 is 56.7 Å². The first-order valence-corrected chi connectivity index (χ1v) is 13.4. The molecule has 0 radical (unpaired) electrons. The monoisotopic (exact) mass is 542 g/mol. The van der Waals surface area contributed by atoms with Gasteiger partial charge in [-0.15, -0.1) is 11.3 Å². The van der Waals surface area contributed by atoms with Crippen LogP contribution in [0.2, 0.25) is 5.02 Å². The number of hydrogen-bond donors (Lipinski definition) is 2. The smallest absolute Gasteiger partial charge is 0.269 e. The van der Waals surface area contributed by atoms with E-state index in [0.29, 0.717) is 26.1 Å². The van der Waals surface area contributed by atoms with Crippen molar-refractivity contribution in [3.63, 3.8) is 0 Å². The molecule has 0 aliphatic heterocycles. The Kier molecular flexibility index (Phi) is 7.08. The summed E-state index contributed by atoms with van der Waals surface area (Å²) < 4.78 is 14.6. The van der Waals surface area contributed by atoms with E-state index in [2.05, 4.69) is 10.9 Å². The van der Waals surface area contributed by atoms with Crippen LogP contribution in [0, 0.1) is 5.82 Å². The predicted octanol–water partition coefficient (Wildman–Crippen LogP) is 4.67. The molecule has 0 fully saturated rings. The predicted molar refractivity (Wildman–Crippen MR) is 140 cm³/mol. The lowest BCUT2D eigenvalue weighted by atomic mass is 9.97. The summed E-state index contributed by atoms with van der Waals surface area (Å²) in [6, 6.07) is 11.8. The fraction of sp³-hybridized carbons (Fsp3) is 0.200. The van der Waals surface area contributed by atoms with Crippen LogP contribution in [-0.4, -0.2) is 27.1 Å². The Morgan fingerprint density at radius 3 is 2.53 bits per heavy atom. The summed E-state index contributed by atoms with van der Waals surface area (Å²) in [5.74, 6) is -1.62. The molecule has 11 heteroatoms. The second kappa shape index (κ2) is 10.4. The van der Waals surface area contributed by atoms with E-state index in [9.17, 15) is 18.8 Å². The van der Waals surface area contributed by atoms with Crippen molar-refractivity contribution in [1.82, 2.24) is 20.4 Å². The minimum absolute atomic E-state index is 0.0969. The maximum Gasteiger partial charge on any atom is 0.269 e. The van der Waals surface area contributed by atoms with Crippen molar-refractivity contribution in [1.29, 1.82) is 0 Å². The number of nitrogens with zero attached hydrogens (tertiary/aromatic N) is 2. The Labute approximate surface area is 218 Å². The standard InChI is InChI=1S/C25H20ClFN4O3S2/c26-15-7-11-17(12-8-15)31-24(34)21-18-3-1-2-4-19(18)36-23(21)28-25(31)35-13-20(32)29-30-22(33)14-5-9-16(27)10-6-14/h5-12H,1-4,13H2,(H,29,32)(H,30,33). The first kappa shape index (κ1) is 24.5. The Morgan fingerprint density at radius 1 is 1.06 bits per heavy atom. The first-order valence-electron chi connectivity index (χ1n) is 11.2. The molecule has 4 aromatic rings. The number of carbonyl (C=O) groups is 2. The first-order chi connectivity index (χ1) is 17.4. The van der Waals surface area contributed by atoms with E-state index >= 15 is 0 Å². The minimum atomic E-state index is -0.574. The summed E-state index contributed by atoms with van der Waals surface area (Å²) in [4.78, 5) is 45.0. The van der Waals surface area contributed by atoms with E-state index in [1.54, 1.807) is 24.3 Å². The molecule has 0 spiro atoms. The fourth-order valence-electron chi connectivity index (χ4n) is 4.07. The van der Waals surface area contributed by atoms with Gasteiger partial charge in [-0.25, -0.2) is 9.37 Å². The van der Waals surface area contributed by atoms with Gasteiger partial charge < -0.3 is 0 Å². The fourth-order valence-corrected chi connectivity index (χ4v) is 6.31. The number of amides is 2. The molecule has 0 bridgehead atoms. The molecule has 1 aliphatic carbocycles. The van der Waals surface area contributed by atoms with Gasteiger partial charge in [0.2, 0.25) is 5.91 Å². The van der Waals surface area contributed by atoms with E-state index in [1.165, 1.54) is 32.9 Å². The lowest BCUT2D eigenvalue weighted by Gasteiger charge is -2.14. The molecule has 0 atom stereocenters. The molecule has 2 aromatic heterocycles. The average molecular weight is 543 g/mol. The van der Waals surface area contributed by atoms with Gasteiger partial charge in [-0.3, -0.25) is 29.8 Å². The quantitative estimate of drug-likeness (QED) is 0.217. The molecule has 2 amide bonds. The maximum absolute atomic E-state index is 13.7. The molecule has 0 saturated carbocycles. The van der Waals surface area contributed by atoms with Gasteiger partial charge in [-0.1, -0.05) is 23.4 Å². The zero-order valence-corrected chi connectivity index (χ0v) is 21.2. The highest BCUT2D eigenvalue weighted by Crippen LogP contribution is 2.35. The molecule has 0 unspecified atom stereocenters. The van der Waals surface area contributed by atoms with Crippen LogP contribution >= 0.6 is 34.7 Å². The molecule has 1 aliphatic rings. The molecule has 5 rings (SSSR count). The number of halogens is 2.